The molecule has 2 unspecified atom stereocenters. The number of esters is 2. The summed E-state index contributed by atoms with van der Waals surface area (Å²) in [6.07, 6.45) is 47.2. The lowest BCUT2D eigenvalue weighted by Crippen LogP contribution is -2.44. The molecule has 0 aromatic rings. The number of nitrogens with zero attached hydrogens (tertiary/aromatic N) is 1. The van der Waals surface area contributed by atoms with Crippen LogP contribution in [-0.2, 0) is 33.3 Å². The standard InChI is InChI=1S/C52H97NO8/c1-6-8-10-12-13-14-15-16-17-18-19-20-21-22-23-24-25-26-27-28-29-30-31-32-33-34-35-36-37-39-41-43-50(55)61-48(46-59-49(54)42-40-38-11-9-7-2)47-60-52(51(56)57)58-45-44-53(3,4)5/h15-16,18-19,48,52H,6-14,17,20-47H2,1-5H3/b16-15-,19-18-. The summed E-state index contributed by atoms with van der Waals surface area (Å²) in [6.45, 7) is 4.65. The molecule has 0 heterocycles. The number of hydrogen-bond donors (Lipinski definition) is 0. The van der Waals surface area contributed by atoms with Gasteiger partial charge in [-0.1, -0.05) is 199 Å². The van der Waals surface area contributed by atoms with Gasteiger partial charge >= 0.3 is 11.9 Å². The molecule has 0 spiro atoms. The fraction of sp³-hybridized carbons (Fsp3) is 0.865. The third-order valence-corrected chi connectivity index (χ3v) is 11.2. The molecule has 0 aliphatic heterocycles. The fourth-order valence-electron chi connectivity index (χ4n) is 7.21. The molecular weight excluding hydrogens is 767 g/mol. The molecule has 358 valence electrons. The monoisotopic (exact) mass is 864 g/mol. The highest BCUT2D eigenvalue weighted by atomic mass is 16.7. The molecule has 0 aromatic carbocycles. The van der Waals surface area contributed by atoms with E-state index in [2.05, 4.69) is 38.2 Å². The van der Waals surface area contributed by atoms with Crippen molar-refractivity contribution >= 4 is 17.9 Å². The van der Waals surface area contributed by atoms with Crippen LogP contribution in [0, 0.1) is 0 Å². The van der Waals surface area contributed by atoms with Crippen molar-refractivity contribution in [1.82, 2.24) is 0 Å². The third kappa shape index (κ3) is 45.6. The number of quaternary nitrogens is 1. The SMILES string of the molecule is CCCCCCC/C=C\C/C=C\CCCCCCCCCCCCCCCCCCCCCC(=O)OC(COC(=O)CCCCCCC)COC(OCC[N+](C)(C)C)C(=O)[O-]. The van der Waals surface area contributed by atoms with Crippen molar-refractivity contribution in [3.63, 3.8) is 0 Å². The minimum Gasteiger partial charge on any atom is -0.545 e. The maximum atomic E-state index is 12.7. The number of carbonyl (C=O) groups excluding carboxylic acids is 3. The number of carboxylic acids is 1. The Hall–Kier alpha value is -2.23. The topological polar surface area (TPSA) is 111 Å². The molecule has 0 N–H and O–H groups in total. The van der Waals surface area contributed by atoms with Crippen LogP contribution >= 0.6 is 0 Å². The van der Waals surface area contributed by atoms with E-state index in [1.54, 1.807) is 0 Å². The van der Waals surface area contributed by atoms with E-state index in [0.29, 0.717) is 17.4 Å². The molecule has 9 heteroatoms. The molecule has 9 nitrogen and oxygen atoms in total. The Kier molecular flexibility index (Phi) is 42.8. The Labute approximate surface area is 376 Å². The molecule has 0 rings (SSSR count). The van der Waals surface area contributed by atoms with Crippen LogP contribution < -0.4 is 5.11 Å². The van der Waals surface area contributed by atoms with E-state index in [0.717, 1.165) is 57.8 Å². The van der Waals surface area contributed by atoms with Crippen LogP contribution in [0.25, 0.3) is 0 Å². The molecule has 2 atom stereocenters. The number of rotatable bonds is 47. The summed E-state index contributed by atoms with van der Waals surface area (Å²) in [5.41, 5.74) is 0. The summed E-state index contributed by atoms with van der Waals surface area (Å²) in [5, 5.41) is 11.6. The van der Waals surface area contributed by atoms with Gasteiger partial charge in [0.2, 0.25) is 0 Å². The van der Waals surface area contributed by atoms with E-state index in [1.165, 1.54) is 148 Å². The molecule has 0 saturated carbocycles. The van der Waals surface area contributed by atoms with Gasteiger partial charge in [0.1, 0.15) is 13.2 Å². The van der Waals surface area contributed by atoms with Gasteiger partial charge in [-0.05, 0) is 44.9 Å². The number of allylic oxidation sites excluding steroid dienone is 4. The summed E-state index contributed by atoms with van der Waals surface area (Å²) >= 11 is 0. The normalized spacial score (nSPS) is 13.0. The van der Waals surface area contributed by atoms with Crippen LogP contribution in [0.5, 0.6) is 0 Å². The molecule has 61 heavy (non-hydrogen) atoms. The number of unbranched alkanes of at least 4 members (excludes halogenated alkanes) is 28. The first-order valence-electron chi connectivity index (χ1n) is 25.5. The highest BCUT2D eigenvalue weighted by Gasteiger charge is 2.22. The predicted molar refractivity (Wildman–Crippen MR) is 251 cm³/mol. The smallest absolute Gasteiger partial charge is 0.306 e. The van der Waals surface area contributed by atoms with Gasteiger partial charge in [0, 0.05) is 12.8 Å². The molecule has 0 aromatic heterocycles. The van der Waals surface area contributed by atoms with E-state index in [4.69, 9.17) is 18.9 Å². The Balaban J connectivity index is 3.93. The molecule has 0 bridgehead atoms. The van der Waals surface area contributed by atoms with Crippen LogP contribution in [-0.4, -0.2) is 82.3 Å². The number of ether oxygens (including phenoxy) is 4. The molecule has 0 aliphatic carbocycles. The van der Waals surface area contributed by atoms with Crippen molar-refractivity contribution in [2.24, 2.45) is 0 Å². The van der Waals surface area contributed by atoms with Crippen LogP contribution in [0.4, 0.5) is 0 Å². The van der Waals surface area contributed by atoms with Gasteiger partial charge in [-0.2, -0.15) is 0 Å². The van der Waals surface area contributed by atoms with Crippen molar-refractivity contribution in [1.29, 1.82) is 0 Å². The Bertz CT molecular complexity index is 1050. The van der Waals surface area contributed by atoms with Gasteiger partial charge < -0.3 is 33.3 Å². The quantitative estimate of drug-likeness (QED) is 0.0195. The lowest BCUT2D eigenvalue weighted by atomic mass is 10.0. The van der Waals surface area contributed by atoms with Gasteiger partial charge in [0.25, 0.3) is 0 Å². The lowest BCUT2D eigenvalue weighted by molar-refractivity contribution is -0.870. The van der Waals surface area contributed by atoms with Crippen molar-refractivity contribution in [3.8, 4) is 0 Å². The van der Waals surface area contributed by atoms with Crippen LogP contribution in [0.3, 0.4) is 0 Å². The van der Waals surface area contributed by atoms with Gasteiger partial charge in [0.05, 0.1) is 40.3 Å². The van der Waals surface area contributed by atoms with E-state index in [1.807, 2.05) is 21.1 Å². The zero-order valence-corrected chi connectivity index (χ0v) is 40.5. The van der Waals surface area contributed by atoms with Crippen LogP contribution in [0.2, 0.25) is 0 Å². The first-order chi connectivity index (χ1) is 29.6. The summed E-state index contributed by atoms with van der Waals surface area (Å²) in [7, 11) is 5.90. The Morgan fingerprint density at radius 2 is 0.885 bits per heavy atom. The third-order valence-electron chi connectivity index (χ3n) is 11.2. The molecule has 0 saturated heterocycles. The second-order valence-electron chi connectivity index (χ2n) is 18.5. The number of carboxylic acid groups (broad SMARTS) is 1. The van der Waals surface area contributed by atoms with Gasteiger partial charge in [-0.15, -0.1) is 0 Å². The minimum absolute atomic E-state index is 0.150. The molecule has 0 fully saturated rings. The average molecular weight is 864 g/mol. The zero-order valence-electron chi connectivity index (χ0n) is 40.5. The molecule has 0 aliphatic rings. The highest BCUT2D eigenvalue weighted by Crippen LogP contribution is 2.16. The van der Waals surface area contributed by atoms with E-state index in [9.17, 15) is 19.5 Å². The number of hydrogen-bond acceptors (Lipinski definition) is 8. The second kappa shape index (κ2) is 44.4. The Morgan fingerprint density at radius 1 is 0.492 bits per heavy atom. The van der Waals surface area contributed by atoms with E-state index >= 15 is 0 Å². The summed E-state index contributed by atoms with van der Waals surface area (Å²) in [4.78, 5) is 36.7. The maximum Gasteiger partial charge on any atom is 0.306 e. The highest BCUT2D eigenvalue weighted by molar-refractivity contribution is 5.70. The minimum atomic E-state index is -1.61. The number of aliphatic carboxylic acids is 1. The molecule has 0 amide bonds. The van der Waals surface area contributed by atoms with Crippen molar-refractivity contribution in [3.05, 3.63) is 24.3 Å². The lowest BCUT2D eigenvalue weighted by Gasteiger charge is -2.26. The fourth-order valence-corrected chi connectivity index (χ4v) is 7.21. The largest absolute Gasteiger partial charge is 0.545 e. The number of likely N-dealkylation sites (N-methyl/N-ethyl adjacent to an activating group) is 1. The van der Waals surface area contributed by atoms with Crippen LogP contribution in [0.15, 0.2) is 24.3 Å². The Morgan fingerprint density at radius 3 is 1.30 bits per heavy atom. The van der Waals surface area contributed by atoms with Gasteiger partial charge in [-0.25, -0.2) is 0 Å². The zero-order chi connectivity index (χ0) is 44.9. The first kappa shape index (κ1) is 58.8. The summed E-state index contributed by atoms with van der Waals surface area (Å²) in [6, 6.07) is 0. The second-order valence-corrected chi connectivity index (χ2v) is 18.5. The van der Waals surface area contributed by atoms with Gasteiger partial charge in [0.15, 0.2) is 12.4 Å². The summed E-state index contributed by atoms with van der Waals surface area (Å²) < 4.78 is 22.4. The van der Waals surface area contributed by atoms with E-state index < -0.39 is 24.3 Å². The van der Waals surface area contributed by atoms with Crippen molar-refractivity contribution in [2.75, 3.05) is 47.5 Å². The van der Waals surface area contributed by atoms with Crippen LogP contribution in [0.1, 0.15) is 232 Å². The van der Waals surface area contributed by atoms with Gasteiger partial charge in [-0.3, -0.25) is 9.59 Å². The van der Waals surface area contributed by atoms with Crippen molar-refractivity contribution < 1.29 is 42.9 Å². The van der Waals surface area contributed by atoms with Crippen molar-refractivity contribution in [2.45, 2.75) is 245 Å². The first-order valence-corrected chi connectivity index (χ1v) is 25.5. The molecule has 0 radical (unpaired) electrons. The average Bonchev–Trinajstić information content (AvgIpc) is 3.22. The van der Waals surface area contributed by atoms with E-state index in [-0.39, 0.29) is 32.2 Å². The molecular formula is C52H97NO8. The summed E-state index contributed by atoms with van der Waals surface area (Å²) in [5.74, 6) is -2.29. The maximum absolute atomic E-state index is 12.7. The number of carbonyl (C=O) groups is 3. The predicted octanol–water partition coefficient (Wildman–Crippen LogP) is 12.7.